The predicted octanol–water partition coefficient (Wildman–Crippen LogP) is 3.23. The largest absolute Gasteiger partial charge is 0.437 e. The first kappa shape index (κ1) is 13.5. The van der Waals surface area contributed by atoms with Gasteiger partial charge in [-0.2, -0.15) is 0 Å². The number of ether oxygens (including phenoxy) is 1. The third kappa shape index (κ3) is 3.01. The normalized spacial score (nSPS) is 10.8. The lowest BCUT2D eigenvalue weighted by molar-refractivity contribution is 0.466. The molecule has 2 heterocycles. The number of pyridine rings is 2. The maximum Gasteiger partial charge on any atom is 0.219 e. The van der Waals surface area contributed by atoms with Crippen LogP contribution in [0, 0.1) is 6.92 Å². The van der Waals surface area contributed by atoms with E-state index >= 15 is 0 Å². The van der Waals surface area contributed by atoms with Crippen LogP contribution in [0.3, 0.4) is 0 Å². The second-order valence-corrected chi connectivity index (χ2v) is 4.93. The Labute approximate surface area is 123 Å². The molecule has 2 N–H and O–H groups in total. The van der Waals surface area contributed by atoms with Gasteiger partial charge in [-0.25, -0.2) is 9.97 Å². The zero-order valence-electron chi connectivity index (χ0n) is 11.9. The van der Waals surface area contributed by atoms with Crippen molar-refractivity contribution in [2.45, 2.75) is 13.3 Å². The Hall–Kier alpha value is -2.46. The van der Waals surface area contributed by atoms with E-state index < -0.39 is 0 Å². The fourth-order valence-electron chi connectivity index (χ4n) is 2.20. The zero-order chi connectivity index (χ0) is 14.7. The number of rotatable bonds is 4. The van der Waals surface area contributed by atoms with E-state index in [2.05, 4.69) is 9.97 Å². The third-order valence-corrected chi connectivity index (χ3v) is 3.27. The Bertz CT molecular complexity index is 754. The SMILES string of the molecule is Cc1ccc2cccc(Oc3ccc(CCN)cn3)c2n1. The van der Waals surface area contributed by atoms with Crippen LogP contribution in [0.2, 0.25) is 0 Å². The number of hydrogen-bond donors (Lipinski definition) is 1. The molecule has 4 heteroatoms. The number of nitrogens with two attached hydrogens (primary N) is 1. The van der Waals surface area contributed by atoms with Crippen LogP contribution in [0.5, 0.6) is 11.6 Å². The number of aryl methyl sites for hydroxylation is 1. The van der Waals surface area contributed by atoms with E-state index in [0.717, 1.165) is 34.3 Å². The van der Waals surface area contributed by atoms with Gasteiger partial charge in [0.15, 0.2) is 5.75 Å². The van der Waals surface area contributed by atoms with Crippen molar-refractivity contribution in [1.29, 1.82) is 0 Å². The smallest absolute Gasteiger partial charge is 0.219 e. The number of nitrogens with zero attached hydrogens (tertiary/aromatic N) is 2. The monoisotopic (exact) mass is 279 g/mol. The van der Waals surface area contributed by atoms with Crippen molar-refractivity contribution in [3.05, 3.63) is 59.9 Å². The van der Waals surface area contributed by atoms with Gasteiger partial charge < -0.3 is 10.5 Å². The van der Waals surface area contributed by atoms with Crippen molar-refractivity contribution >= 4 is 10.9 Å². The molecule has 0 unspecified atom stereocenters. The van der Waals surface area contributed by atoms with Crippen molar-refractivity contribution in [3.8, 4) is 11.6 Å². The number of benzene rings is 1. The Balaban J connectivity index is 1.92. The first-order chi connectivity index (χ1) is 10.3. The summed E-state index contributed by atoms with van der Waals surface area (Å²) in [6.45, 7) is 2.59. The van der Waals surface area contributed by atoms with Crippen molar-refractivity contribution in [2.24, 2.45) is 5.73 Å². The van der Waals surface area contributed by atoms with Crippen LogP contribution in [-0.2, 0) is 6.42 Å². The van der Waals surface area contributed by atoms with E-state index in [0.29, 0.717) is 12.4 Å². The highest BCUT2D eigenvalue weighted by molar-refractivity contribution is 5.84. The molecule has 21 heavy (non-hydrogen) atoms. The number of hydrogen-bond acceptors (Lipinski definition) is 4. The molecule has 0 aliphatic rings. The van der Waals surface area contributed by atoms with Crippen LogP contribution in [0.4, 0.5) is 0 Å². The van der Waals surface area contributed by atoms with E-state index in [1.165, 1.54) is 0 Å². The van der Waals surface area contributed by atoms with Crippen molar-refractivity contribution in [2.75, 3.05) is 6.54 Å². The van der Waals surface area contributed by atoms with Crippen LogP contribution in [0.25, 0.3) is 10.9 Å². The third-order valence-electron chi connectivity index (χ3n) is 3.27. The summed E-state index contributed by atoms with van der Waals surface area (Å²) in [6, 6.07) is 13.8. The van der Waals surface area contributed by atoms with Crippen molar-refractivity contribution < 1.29 is 4.74 Å². The molecule has 3 aromatic rings. The van der Waals surface area contributed by atoms with E-state index in [1.54, 1.807) is 6.20 Å². The summed E-state index contributed by atoms with van der Waals surface area (Å²) in [4.78, 5) is 8.87. The molecule has 0 aliphatic carbocycles. The maximum atomic E-state index is 5.87. The average Bonchev–Trinajstić information content (AvgIpc) is 2.50. The standard InChI is InChI=1S/C17H17N3O/c1-12-5-7-14-3-2-4-15(17(14)20-12)21-16-8-6-13(9-10-18)11-19-16/h2-8,11H,9-10,18H2,1H3. The second-order valence-electron chi connectivity index (χ2n) is 4.93. The van der Waals surface area contributed by atoms with Gasteiger partial charge in [0.25, 0.3) is 0 Å². The minimum atomic E-state index is 0.562. The molecule has 0 spiro atoms. The van der Waals surface area contributed by atoms with E-state index in [1.807, 2.05) is 49.4 Å². The lowest BCUT2D eigenvalue weighted by Crippen LogP contribution is -2.02. The quantitative estimate of drug-likeness (QED) is 0.796. The Morgan fingerprint density at radius 1 is 1.10 bits per heavy atom. The van der Waals surface area contributed by atoms with Crippen molar-refractivity contribution in [1.82, 2.24) is 9.97 Å². The summed E-state index contributed by atoms with van der Waals surface area (Å²) < 4.78 is 5.87. The summed E-state index contributed by atoms with van der Waals surface area (Å²) in [7, 11) is 0. The first-order valence-corrected chi connectivity index (χ1v) is 6.95. The minimum Gasteiger partial charge on any atom is -0.437 e. The van der Waals surface area contributed by atoms with Crippen LogP contribution < -0.4 is 10.5 Å². The molecular formula is C17H17N3O. The predicted molar refractivity (Wildman–Crippen MR) is 83.5 cm³/mol. The lowest BCUT2D eigenvalue weighted by atomic mass is 10.2. The Morgan fingerprint density at radius 3 is 2.76 bits per heavy atom. The summed E-state index contributed by atoms with van der Waals surface area (Å²) in [6.07, 6.45) is 2.62. The molecule has 4 nitrogen and oxygen atoms in total. The molecule has 0 saturated carbocycles. The molecular weight excluding hydrogens is 262 g/mol. The van der Waals surface area contributed by atoms with Gasteiger partial charge in [0, 0.05) is 23.3 Å². The molecule has 1 aromatic carbocycles. The van der Waals surface area contributed by atoms with E-state index in [9.17, 15) is 0 Å². The highest BCUT2D eigenvalue weighted by atomic mass is 16.5. The number of fused-ring (bicyclic) bond motifs is 1. The fourth-order valence-corrected chi connectivity index (χ4v) is 2.20. The summed E-state index contributed by atoms with van der Waals surface area (Å²) in [5, 5.41) is 1.05. The van der Waals surface area contributed by atoms with Crippen LogP contribution in [0.1, 0.15) is 11.3 Å². The molecule has 0 fully saturated rings. The molecule has 0 saturated heterocycles. The summed E-state index contributed by atoms with van der Waals surface area (Å²) >= 11 is 0. The molecule has 2 aromatic heterocycles. The highest BCUT2D eigenvalue weighted by Gasteiger charge is 2.06. The zero-order valence-corrected chi connectivity index (χ0v) is 11.9. The van der Waals surface area contributed by atoms with Crippen LogP contribution in [-0.4, -0.2) is 16.5 Å². The van der Waals surface area contributed by atoms with Gasteiger partial charge in [-0.05, 0) is 37.6 Å². The Kier molecular flexibility index (Phi) is 3.79. The van der Waals surface area contributed by atoms with E-state index in [-0.39, 0.29) is 0 Å². The van der Waals surface area contributed by atoms with Gasteiger partial charge in [-0.3, -0.25) is 0 Å². The lowest BCUT2D eigenvalue weighted by Gasteiger charge is -2.08. The number of para-hydroxylation sites is 1. The van der Waals surface area contributed by atoms with Gasteiger partial charge in [0.2, 0.25) is 5.88 Å². The average molecular weight is 279 g/mol. The van der Waals surface area contributed by atoms with Gasteiger partial charge in [-0.1, -0.05) is 24.3 Å². The summed E-state index contributed by atoms with van der Waals surface area (Å²) in [5.41, 5.74) is 8.45. The molecule has 0 aliphatic heterocycles. The second kappa shape index (κ2) is 5.89. The fraction of sp³-hybridized carbons (Fsp3) is 0.176. The van der Waals surface area contributed by atoms with Crippen LogP contribution in [0.15, 0.2) is 48.7 Å². The number of aromatic nitrogens is 2. The van der Waals surface area contributed by atoms with Gasteiger partial charge in [-0.15, -0.1) is 0 Å². The molecule has 0 amide bonds. The summed E-state index contributed by atoms with van der Waals surface area (Å²) in [5.74, 6) is 1.28. The van der Waals surface area contributed by atoms with Crippen molar-refractivity contribution in [3.63, 3.8) is 0 Å². The first-order valence-electron chi connectivity index (χ1n) is 6.95. The van der Waals surface area contributed by atoms with Gasteiger partial charge >= 0.3 is 0 Å². The minimum absolute atomic E-state index is 0.562. The van der Waals surface area contributed by atoms with Gasteiger partial charge in [0.1, 0.15) is 5.52 Å². The van der Waals surface area contributed by atoms with Gasteiger partial charge in [0.05, 0.1) is 0 Å². The topological polar surface area (TPSA) is 61.0 Å². The van der Waals surface area contributed by atoms with E-state index in [4.69, 9.17) is 10.5 Å². The Morgan fingerprint density at radius 2 is 2.00 bits per heavy atom. The molecule has 0 atom stereocenters. The van der Waals surface area contributed by atoms with Crippen LogP contribution >= 0.6 is 0 Å². The molecule has 106 valence electrons. The molecule has 3 rings (SSSR count). The maximum absolute atomic E-state index is 5.87. The molecule has 0 bridgehead atoms. The highest BCUT2D eigenvalue weighted by Crippen LogP contribution is 2.27. The molecule has 0 radical (unpaired) electrons.